The van der Waals surface area contributed by atoms with E-state index in [1.165, 1.54) is 18.5 Å². The summed E-state index contributed by atoms with van der Waals surface area (Å²) in [5.41, 5.74) is 9.45. The first-order valence-corrected chi connectivity index (χ1v) is 10.0. The van der Waals surface area contributed by atoms with E-state index >= 15 is 0 Å². The van der Waals surface area contributed by atoms with Crippen LogP contribution in [-0.2, 0) is 6.42 Å². The first-order valence-electron chi connectivity index (χ1n) is 10.0. The van der Waals surface area contributed by atoms with Crippen LogP contribution in [0.25, 0.3) is 11.3 Å². The molecular weight excluding hydrogens is 324 g/mol. The third-order valence-corrected chi connectivity index (χ3v) is 5.60. The molecule has 2 aliphatic carbocycles. The molecule has 2 aromatic heterocycles. The Morgan fingerprint density at radius 1 is 1.19 bits per heavy atom. The molecule has 0 unspecified atom stereocenters. The molecule has 6 heteroatoms. The molecule has 6 nitrogen and oxygen atoms in total. The maximum absolute atomic E-state index is 6.01. The fourth-order valence-corrected chi connectivity index (χ4v) is 3.87. The van der Waals surface area contributed by atoms with Gasteiger partial charge in [0.05, 0.1) is 11.9 Å². The topological polar surface area (TPSA) is 81.7 Å². The number of rotatable bonds is 6. The molecule has 26 heavy (non-hydrogen) atoms. The number of nitrogens with two attached hydrogens (primary N) is 1. The average molecular weight is 355 g/mol. The van der Waals surface area contributed by atoms with Crippen LogP contribution in [0.3, 0.4) is 0 Å². The smallest absolute Gasteiger partial charge is 0.223 e. The predicted octanol–water partition coefficient (Wildman–Crippen LogP) is 3.56. The van der Waals surface area contributed by atoms with Crippen LogP contribution in [0.2, 0.25) is 0 Å². The summed E-state index contributed by atoms with van der Waals surface area (Å²) in [4.78, 5) is 9.25. The van der Waals surface area contributed by atoms with Gasteiger partial charge in [0.2, 0.25) is 5.95 Å². The molecule has 0 spiro atoms. The first-order chi connectivity index (χ1) is 12.6. The minimum atomic E-state index is 0.354. The van der Waals surface area contributed by atoms with Crippen molar-refractivity contribution in [2.24, 2.45) is 11.7 Å². The molecule has 0 aromatic carbocycles. The minimum absolute atomic E-state index is 0.354. The van der Waals surface area contributed by atoms with E-state index in [1.54, 1.807) is 0 Å². The highest BCUT2D eigenvalue weighted by atomic mass is 15.3. The van der Waals surface area contributed by atoms with E-state index in [-0.39, 0.29) is 0 Å². The molecular formula is C20H30N6. The van der Waals surface area contributed by atoms with Gasteiger partial charge in [-0.25, -0.2) is 9.97 Å². The number of nitrogens with zero attached hydrogens (tertiary/aromatic N) is 4. The number of nitrogens with one attached hydrogen (secondary N) is 1. The Balaban J connectivity index is 1.56. The lowest BCUT2D eigenvalue weighted by atomic mass is 9.92. The molecule has 2 fully saturated rings. The molecule has 3 N–H and O–H groups in total. The Hall–Kier alpha value is -1.95. The molecule has 0 amide bonds. The van der Waals surface area contributed by atoms with Crippen molar-refractivity contribution in [2.75, 3.05) is 5.32 Å². The molecule has 4 rings (SSSR count). The maximum Gasteiger partial charge on any atom is 0.223 e. The third-order valence-electron chi connectivity index (χ3n) is 5.60. The zero-order valence-corrected chi connectivity index (χ0v) is 15.9. The Kier molecular flexibility index (Phi) is 4.94. The summed E-state index contributed by atoms with van der Waals surface area (Å²) in [7, 11) is 0. The number of hydrogen-bond donors (Lipinski definition) is 2. The van der Waals surface area contributed by atoms with Crippen molar-refractivity contribution >= 4 is 5.95 Å². The lowest BCUT2D eigenvalue weighted by molar-refractivity contribution is 0.410. The zero-order chi connectivity index (χ0) is 18.1. The van der Waals surface area contributed by atoms with Gasteiger partial charge in [-0.15, -0.1) is 0 Å². The highest BCUT2D eigenvalue weighted by Gasteiger charge is 2.27. The Morgan fingerprint density at radius 2 is 1.96 bits per heavy atom. The highest BCUT2D eigenvalue weighted by Crippen LogP contribution is 2.36. The van der Waals surface area contributed by atoms with Crippen LogP contribution in [-0.4, -0.2) is 31.8 Å². The summed E-state index contributed by atoms with van der Waals surface area (Å²) in [5.74, 6) is 1.53. The Bertz CT molecular complexity index is 741. The number of aromatic nitrogens is 4. The van der Waals surface area contributed by atoms with E-state index in [0.717, 1.165) is 55.2 Å². The molecule has 140 valence electrons. The van der Waals surface area contributed by atoms with E-state index in [0.29, 0.717) is 18.1 Å². The molecule has 2 aliphatic rings. The lowest BCUT2D eigenvalue weighted by Gasteiger charge is -2.26. The first kappa shape index (κ1) is 17.5. The second-order valence-electron chi connectivity index (χ2n) is 8.21. The van der Waals surface area contributed by atoms with E-state index in [4.69, 9.17) is 10.7 Å². The average Bonchev–Trinajstić information content (AvgIpc) is 3.34. The minimum Gasteiger partial charge on any atom is -0.351 e. The van der Waals surface area contributed by atoms with Crippen molar-refractivity contribution in [3.05, 3.63) is 24.2 Å². The van der Waals surface area contributed by atoms with Crippen LogP contribution < -0.4 is 11.1 Å². The van der Waals surface area contributed by atoms with E-state index in [9.17, 15) is 0 Å². The quantitative estimate of drug-likeness (QED) is 0.829. The zero-order valence-electron chi connectivity index (χ0n) is 15.9. The van der Waals surface area contributed by atoms with Crippen LogP contribution in [0, 0.1) is 5.92 Å². The normalized spacial score (nSPS) is 23.4. The van der Waals surface area contributed by atoms with E-state index in [2.05, 4.69) is 33.9 Å². The monoisotopic (exact) mass is 354 g/mol. The Morgan fingerprint density at radius 3 is 2.65 bits per heavy atom. The lowest BCUT2D eigenvalue weighted by Crippen LogP contribution is -2.33. The van der Waals surface area contributed by atoms with Gasteiger partial charge in [0.25, 0.3) is 0 Å². The van der Waals surface area contributed by atoms with Gasteiger partial charge in [-0.05, 0) is 70.8 Å². The van der Waals surface area contributed by atoms with Crippen molar-refractivity contribution in [3.8, 4) is 11.3 Å². The molecule has 0 atom stereocenters. The SMILES string of the molecule is CC(C)n1ncc(-c2ccnc(NC3CCC(N)CC3)n2)c1CC1CC1. The summed E-state index contributed by atoms with van der Waals surface area (Å²) >= 11 is 0. The summed E-state index contributed by atoms with van der Waals surface area (Å²) < 4.78 is 2.16. The van der Waals surface area contributed by atoms with Crippen molar-refractivity contribution in [3.63, 3.8) is 0 Å². The molecule has 2 aromatic rings. The van der Waals surface area contributed by atoms with Gasteiger partial charge in [0.15, 0.2) is 0 Å². The maximum atomic E-state index is 6.01. The van der Waals surface area contributed by atoms with E-state index < -0.39 is 0 Å². The molecule has 0 saturated heterocycles. The second kappa shape index (κ2) is 7.35. The summed E-state index contributed by atoms with van der Waals surface area (Å²) in [6.07, 6.45) is 11.9. The fourth-order valence-electron chi connectivity index (χ4n) is 3.87. The van der Waals surface area contributed by atoms with Gasteiger partial charge in [-0.2, -0.15) is 5.10 Å². The summed E-state index contributed by atoms with van der Waals surface area (Å²) in [5, 5.41) is 8.16. The molecule has 2 heterocycles. The van der Waals surface area contributed by atoms with Gasteiger partial charge < -0.3 is 11.1 Å². The van der Waals surface area contributed by atoms with Gasteiger partial charge >= 0.3 is 0 Å². The number of hydrogen-bond acceptors (Lipinski definition) is 5. The second-order valence-corrected chi connectivity index (χ2v) is 8.21. The Labute approximate surface area is 155 Å². The molecule has 0 aliphatic heterocycles. The van der Waals surface area contributed by atoms with Crippen molar-refractivity contribution in [1.82, 2.24) is 19.7 Å². The van der Waals surface area contributed by atoms with Crippen LogP contribution in [0.4, 0.5) is 5.95 Å². The molecule has 0 bridgehead atoms. The summed E-state index contributed by atoms with van der Waals surface area (Å²) in [6, 6.07) is 3.14. The van der Waals surface area contributed by atoms with Crippen molar-refractivity contribution in [1.29, 1.82) is 0 Å². The largest absolute Gasteiger partial charge is 0.351 e. The summed E-state index contributed by atoms with van der Waals surface area (Å²) in [6.45, 7) is 4.38. The standard InChI is InChI=1S/C20H30N6/c1-13(2)26-19(11-14-3-4-14)17(12-23-26)18-9-10-22-20(25-18)24-16-7-5-15(21)6-8-16/h9-10,12-16H,3-8,11,21H2,1-2H3,(H,22,24,25). The van der Waals surface area contributed by atoms with Crippen molar-refractivity contribution < 1.29 is 0 Å². The molecule has 2 saturated carbocycles. The van der Waals surface area contributed by atoms with Gasteiger partial charge in [0.1, 0.15) is 0 Å². The predicted molar refractivity (Wildman–Crippen MR) is 104 cm³/mol. The third kappa shape index (κ3) is 3.90. The number of anilines is 1. The highest BCUT2D eigenvalue weighted by molar-refractivity contribution is 5.62. The molecule has 0 radical (unpaired) electrons. The van der Waals surface area contributed by atoms with Crippen LogP contribution in [0.15, 0.2) is 18.5 Å². The van der Waals surface area contributed by atoms with Gasteiger partial charge in [-0.1, -0.05) is 0 Å². The van der Waals surface area contributed by atoms with Crippen LogP contribution in [0.5, 0.6) is 0 Å². The van der Waals surface area contributed by atoms with Gasteiger partial charge in [-0.3, -0.25) is 4.68 Å². The van der Waals surface area contributed by atoms with Crippen LogP contribution >= 0.6 is 0 Å². The van der Waals surface area contributed by atoms with Crippen LogP contribution in [0.1, 0.15) is 64.1 Å². The fraction of sp³-hybridized carbons (Fsp3) is 0.650. The van der Waals surface area contributed by atoms with Gasteiger partial charge in [0, 0.05) is 35.6 Å². The van der Waals surface area contributed by atoms with Crippen molar-refractivity contribution in [2.45, 2.75) is 76.9 Å². The van der Waals surface area contributed by atoms with E-state index in [1.807, 2.05) is 18.5 Å².